The number of aryl methyl sites for hydroxylation is 2. The van der Waals surface area contributed by atoms with Gasteiger partial charge in [-0.05, 0) is 13.8 Å². The van der Waals surface area contributed by atoms with E-state index in [2.05, 4.69) is 15.5 Å². The van der Waals surface area contributed by atoms with Gasteiger partial charge in [-0.1, -0.05) is 5.16 Å². The molecule has 2 aromatic heterocycles. The average molecular weight is 206 g/mol. The van der Waals surface area contributed by atoms with E-state index in [1.54, 1.807) is 0 Å². The lowest BCUT2D eigenvalue weighted by Gasteiger charge is -2.03. The van der Waals surface area contributed by atoms with Gasteiger partial charge in [0.05, 0.1) is 12.2 Å². The van der Waals surface area contributed by atoms with E-state index < -0.39 is 0 Å². The summed E-state index contributed by atoms with van der Waals surface area (Å²) < 4.78 is 7.02. The van der Waals surface area contributed by atoms with Crippen molar-refractivity contribution in [2.75, 3.05) is 12.4 Å². The van der Waals surface area contributed by atoms with Crippen LogP contribution in [0.15, 0.2) is 16.8 Å². The van der Waals surface area contributed by atoms with Crippen LogP contribution in [0, 0.1) is 13.8 Å². The minimum Gasteiger partial charge on any atom is -0.361 e. The molecule has 5 nitrogen and oxygen atoms in total. The predicted molar refractivity (Wildman–Crippen MR) is 56.9 cm³/mol. The van der Waals surface area contributed by atoms with E-state index in [1.165, 1.54) is 0 Å². The summed E-state index contributed by atoms with van der Waals surface area (Å²) in [4.78, 5) is 4.33. The Balaban J connectivity index is 2.23. The summed E-state index contributed by atoms with van der Waals surface area (Å²) >= 11 is 0. The summed E-state index contributed by atoms with van der Waals surface area (Å²) in [6.07, 6.45) is 1.98. The van der Waals surface area contributed by atoms with Crippen LogP contribution < -0.4 is 5.32 Å². The van der Waals surface area contributed by atoms with Crippen molar-refractivity contribution in [3.05, 3.63) is 29.4 Å². The lowest BCUT2D eigenvalue weighted by Crippen LogP contribution is -2.04. The number of hydrogen-bond acceptors (Lipinski definition) is 4. The minimum atomic E-state index is 0.675. The average Bonchev–Trinajstić information content (AvgIpc) is 2.73. The highest BCUT2D eigenvalue weighted by atomic mass is 16.5. The lowest BCUT2D eigenvalue weighted by atomic mass is 10.4. The second kappa shape index (κ2) is 3.76. The fraction of sp³-hybridized carbons (Fsp3) is 0.400. The van der Waals surface area contributed by atoms with Crippen LogP contribution in [-0.2, 0) is 6.54 Å². The number of rotatable bonds is 3. The highest BCUT2D eigenvalue weighted by Crippen LogP contribution is 2.11. The number of hydrogen-bond donors (Lipinski definition) is 1. The molecule has 0 spiro atoms. The van der Waals surface area contributed by atoms with E-state index in [0.29, 0.717) is 6.54 Å². The van der Waals surface area contributed by atoms with Crippen LogP contribution in [0.2, 0.25) is 0 Å². The van der Waals surface area contributed by atoms with Crippen LogP contribution >= 0.6 is 0 Å². The molecule has 2 rings (SSSR count). The zero-order valence-electron chi connectivity index (χ0n) is 9.11. The van der Waals surface area contributed by atoms with E-state index in [-0.39, 0.29) is 0 Å². The molecule has 0 aliphatic rings. The highest BCUT2D eigenvalue weighted by Gasteiger charge is 2.06. The summed E-state index contributed by atoms with van der Waals surface area (Å²) in [5, 5.41) is 6.98. The Morgan fingerprint density at radius 1 is 1.47 bits per heavy atom. The quantitative estimate of drug-likeness (QED) is 0.828. The molecule has 0 saturated heterocycles. The van der Waals surface area contributed by atoms with Gasteiger partial charge in [-0.15, -0.1) is 0 Å². The first kappa shape index (κ1) is 9.76. The molecule has 0 aliphatic heterocycles. The van der Waals surface area contributed by atoms with Crippen molar-refractivity contribution in [2.24, 2.45) is 0 Å². The molecule has 15 heavy (non-hydrogen) atoms. The normalized spacial score (nSPS) is 10.6. The first-order valence-electron chi connectivity index (χ1n) is 4.83. The van der Waals surface area contributed by atoms with Gasteiger partial charge < -0.3 is 14.4 Å². The molecule has 0 saturated carbocycles. The van der Waals surface area contributed by atoms with Crippen molar-refractivity contribution in [2.45, 2.75) is 20.4 Å². The third kappa shape index (κ3) is 2.01. The van der Waals surface area contributed by atoms with Crippen molar-refractivity contribution >= 4 is 5.95 Å². The maximum atomic E-state index is 5.01. The molecule has 0 amide bonds. The monoisotopic (exact) mass is 206 g/mol. The third-order valence-corrected chi connectivity index (χ3v) is 2.13. The molecular weight excluding hydrogens is 192 g/mol. The first-order valence-corrected chi connectivity index (χ1v) is 4.83. The first-order chi connectivity index (χ1) is 7.19. The van der Waals surface area contributed by atoms with Gasteiger partial charge >= 0.3 is 0 Å². The lowest BCUT2D eigenvalue weighted by molar-refractivity contribution is 0.389. The van der Waals surface area contributed by atoms with Crippen LogP contribution in [0.1, 0.15) is 17.1 Å². The van der Waals surface area contributed by atoms with Gasteiger partial charge in [-0.25, -0.2) is 4.98 Å². The highest BCUT2D eigenvalue weighted by molar-refractivity contribution is 5.28. The summed E-state index contributed by atoms with van der Waals surface area (Å²) in [6, 6.07) is 1.93. The zero-order valence-corrected chi connectivity index (χ0v) is 9.11. The van der Waals surface area contributed by atoms with Gasteiger partial charge in [0.25, 0.3) is 0 Å². The Labute approximate surface area is 88.1 Å². The molecule has 0 aromatic carbocycles. The molecule has 5 heteroatoms. The van der Waals surface area contributed by atoms with Crippen molar-refractivity contribution < 1.29 is 4.52 Å². The van der Waals surface area contributed by atoms with Gasteiger partial charge in [0.15, 0.2) is 0 Å². The smallest absolute Gasteiger partial charge is 0.203 e. The third-order valence-electron chi connectivity index (χ3n) is 2.13. The van der Waals surface area contributed by atoms with Gasteiger partial charge in [-0.2, -0.15) is 0 Å². The molecule has 2 heterocycles. The number of aromatic nitrogens is 3. The Bertz CT molecular complexity index is 458. The SMILES string of the molecule is CNc1nc(C)cn1Cc1cc(C)on1. The topological polar surface area (TPSA) is 55.9 Å². The molecule has 0 aliphatic carbocycles. The fourth-order valence-corrected chi connectivity index (χ4v) is 1.53. The van der Waals surface area contributed by atoms with Crippen LogP contribution in [-0.4, -0.2) is 21.8 Å². The summed E-state index contributed by atoms with van der Waals surface area (Å²) in [5.74, 6) is 1.67. The van der Waals surface area contributed by atoms with E-state index >= 15 is 0 Å². The van der Waals surface area contributed by atoms with Crippen molar-refractivity contribution in [1.82, 2.24) is 14.7 Å². The molecule has 0 fully saturated rings. The Morgan fingerprint density at radius 2 is 2.27 bits per heavy atom. The molecule has 1 N–H and O–H groups in total. The van der Waals surface area contributed by atoms with E-state index in [0.717, 1.165) is 23.1 Å². The number of anilines is 1. The van der Waals surface area contributed by atoms with Crippen molar-refractivity contribution in [3.8, 4) is 0 Å². The van der Waals surface area contributed by atoms with E-state index in [1.807, 2.05) is 37.7 Å². The fourth-order valence-electron chi connectivity index (χ4n) is 1.53. The molecule has 80 valence electrons. The molecule has 2 aromatic rings. The minimum absolute atomic E-state index is 0.675. The van der Waals surface area contributed by atoms with E-state index in [9.17, 15) is 0 Å². The van der Waals surface area contributed by atoms with Crippen molar-refractivity contribution in [3.63, 3.8) is 0 Å². The van der Waals surface area contributed by atoms with Crippen LogP contribution in [0.25, 0.3) is 0 Å². The van der Waals surface area contributed by atoms with Crippen LogP contribution in [0.4, 0.5) is 5.95 Å². The van der Waals surface area contributed by atoms with Gasteiger partial charge in [0, 0.05) is 19.3 Å². The Morgan fingerprint density at radius 3 is 2.87 bits per heavy atom. The molecule has 0 bridgehead atoms. The summed E-state index contributed by atoms with van der Waals surface area (Å²) in [6.45, 7) is 4.52. The van der Waals surface area contributed by atoms with Gasteiger partial charge in [0.1, 0.15) is 11.5 Å². The Hall–Kier alpha value is -1.78. The standard InChI is InChI=1S/C10H14N4O/c1-7-5-14(10(11-3)12-7)6-9-4-8(2)15-13-9/h4-5H,6H2,1-3H3,(H,11,12). The number of nitrogens with zero attached hydrogens (tertiary/aromatic N) is 3. The number of nitrogens with one attached hydrogen (secondary N) is 1. The Kier molecular flexibility index (Phi) is 2.45. The maximum Gasteiger partial charge on any atom is 0.203 e. The van der Waals surface area contributed by atoms with Crippen molar-refractivity contribution in [1.29, 1.82) is 0 Å². The summed E-state index contributed by atoms with van der Waals surface area (Å²) in [5.41, 5.74) is 1.89. The number of imidazole rings is 1. The maximum absolute atomic E-state index is 5.01. The van der Waals surface area contributed by atoms with Gasteiger partial charge in [-0.3, -0.25) is 0 Å². The second-order valence-corrected chi connectivity index (χ2v) is 3.51. The predicted octanol–water partition coefficient (Wildman–Crippen LogP) is 1.58. The summed E-state index contributed by atoms with van der Waals surface area (Å²) in [7, 11) is 1.85. The molecule has 0 unspecified atom stereocenters. The molecular formula is C10H14N4O. The largest absolute Gasteiger partial charge is 0.361 e. The molecule has 0 radical (unpaired) electrons. The van der Waals surface area contributed by atoms with Crippen LogP contribution in [0.3, 0.4) is 0 Å². The van der Waals surface area contributed by atoms with E-state index in [4.69, 9.17) is 4.52 Å². The second-order valence-electron chi connectivity index (χ2n) is 3.51. The van der Waals surface area contributed by atoms with Gasteiger partial charge in [0.2, 0.25) is 5.95 Å². The zero-order chi connectivity index (χ0) is 10.8. The molecule has 0 atom stereocenters. The van der Waals surface area contributed by atoms with Crippen LogP contribution in [0.5, 0.6) is 0 Å².